The van der Waals surface area contributed by atoms with Crippen LogP contribution in [0.1, 0.15) is 34.6 Å². The lowest BCUT2D eigenvalue weighted by Crippen LogP contribution is -2.30. The van der Waals surface area contributed by atoms with Gasteiger partial charge in [-0.25, -0.2) is 4.79 Å². The average molecular weight is 380 g/mol. The van der Waals surface area contributed by atoms with Crippen LogP contribution in [0.2, 0.25) is 10.0 Å². The number of ketones is 1. The third kappa shape index (κ3) is 4.81. The summed E-state index contributed by atoms with van der Waals surface area (Å²) in [6, 6.07) is 11.0. The minimum Gasteiger partial charge on any atom is -0.449 e. The molecule has 1 atom stereocenters. The predicted molar refractivity (Wildman–Crippen MR) is 96.4 cm³/mol. The molecule has 0 aliphatic carbocycles. The highest BCUT2D eigenvalue weighted by molar-refractivity contribution is 6.39. The smallest absolute Gasteiger partial charge is 0.341 e. The lowest BCUT2D eigenvalue weighted by molar-refractivity contribution is -0.123. The topological polar surface area (TPSA) is 72.5 Å². The molecule has 0 spiro atoms. The molecule has 7 heteroatoms. The van der Waals surface area contributed by atoms with Crippen LogP contribution in [-0.4, -0.2) is 23.8 Å². The number of anilines is 1. The predicted octanol–water partition coefficient (Wildman–Crippen LogP) is 4.38. The molecule has 25 heavy (non-hydrogen) atoms. The Morgan fingerprint density at radius 3 is 2.08 bits per heavy atom. The van der Waals surface area contributed by atoms with Crippen molar-refractivity contribution in [2.75, 3.05) is 5.32 Å². The Kier molecular flexibility index (Phi) is 6.17. The molecule has 2 rings (SSSR count). The number of nitrogens with one attached hydrogen (secondary N) is 1. The second-order valence-corrected chi connectivity index (χ2v) is 6.08. The fourth-order valence-corrected chi connectivity index (χ4v) is 2.55. The van der Waals surface area contributed by atoms with Gasteiger partial charge in [-0.2, -0.15) is 0 Å². The van der Waals surface area contributed by atoms with E-state index in [0.29, 0.717) is 11.3 Å². The van der Waals surface area contributed by atoms with Crippen LogP contribution < -0.4 is 5.32 Å². The van der Waals surface area contributed by atoms with Crippen LogP contribution in [0.3, 0.4) is 0 Å². The van der Waals surface area contributed by atoms with Gasteiger partial charge in [-0.15, -0.1) is 0 Å². The van der Waals surface area contributed by atoms with Gasteiger partial charge in [-0.3, -0.25) is 9.59 Å². The molecule has 130 valence electrons. The minimum atomic E-state index is -1.06. The molecular formula is C18H15Cl2NO4. The maximum Gasteiger partial charge on any atom is 0.341 e. The van der Waals surface area contributed by atoms with Crippen LogP contribution in [0.15, 0.2) is 42.5 Å². The van der Waals surface area contributed by atoms with Crippen molar-refractivity contribution in [2.45, 2.75) is 20.0 Å². The van der Waals surface area contributed by atoms with Crippen LogP contribution in [0, 0.1) is 0 Å². The van der Waals surface area contributed by atoms with Crippen molar-refractivity contribution in [3.05, 3.63) is 63.6 Å². The van der Waals surface area contributed by atoms with Crippen molar-refractivity contribution in [3.63, 3.8) is 0 Å². The van der Waals surface area contributed by atoms with E-state index in [9.17, 15) is 14.4 Å². The summed E-state index contributed by atoms with van der Waals surface area (Å²) in [5.74, 6) is -1.38. The lowest BCUT2D eigenvalue weighted by atomic mass is 10.1. The molecule has 0 fully saturated rings. The van der Waals surface area contributed by atoms with Gasteiger partial charge in [0.25, 0.3) is 5.91 Å². The summed E-state index contributed by atoms with van der Waals surface area (Å²) in [5, 5.41) is 2.89. The summed E-state index contributed by atoms with van der Waals surface area (Å²) in [4.78, 5) is 35.5. The van der Waals surface area contributed by atoms with E-state index < -0.39 is 18.0 Å². The molecule has 2 aromatic carbocycles. The fourth-order valence-electron chi connectivity index (χ4n) is 2.00. The number of ether oxygens (including phenoxy) is 1. The SMILES string of the molecule is CC(=O)c1ccc(NC(=O)C(C)OC(=O)c2c(Cl)cccc2Cl)cc1. The maximum atomic E-state index is 12.2. The van der Waals surface area contributed by atoms with Gasteiger partial charge >= 0.3 is 5.97 Å². The second kappa shape index (κ2) is 8.14. The molecule has 0 saturated carbocycles. The van der Waals surface area contributed by atoms with Gasteiger partial charge in [0.1, 0.15) is 0 Å². The number of hydrogen-bond donors (Lipinski definition) is 1. The number of hydrogen-bond acceptors (Lipinski definition) is 4. The maximum absolute atomic E-state index is 12.2. The second-order valence-electron chi connectivity index (χ2n) is 5.27. The standard InChI is InChI=1S/C18H15Cl2NO4/c1-10(22)12-6-8-13(9-7-12)21-17(23)11(2)25-18(24)16-14(19)4-3-5-15(16)20/h3-9,11H,1-2H3,(H,21,23). The van der Waals surface area contributed by atoms with Crippen molar-refractivity contribution >= 4 is 46.5 Å². The normalized spacial score (nSPS) is 11.5. The summed E-state index contributed by atoms with van der Waals surface area (Å²) in [7, 11) is 0. The zero-order valence-electron chi connectivity index (χ0n) is 13.5. The highest BCUT2D eigenvalue weighted by Gasteiger charge is 2.22. The van der Waals surface area contributed by atoms with Crippen molar-refractivity contribution in [1.82, 2.24) is 0 Å². The van der Waals surface area contributed by atoms with Gasteiger partial charge in [-0.05, 0) is 50.2 Å². The highest BCUT2D eigenvalue weighted by Crippen LogP contribution is 2.25. The van der Waals surface area contributed by atoms with E-state index in [2.05, 4.69) is 5.32 Å². The zero-order valence-corrected chi connectivity index (χ0v) is 15.0. The van der Waals surface area contributed by atoms with Crippen LogP contribution in [0.5, 0.6) is 0 Å². The highest BCUT2D eigenvalue weighted by atomic mass is 35.5. The van der Waals surface area contributed by atoms with Crippen LogP contribution in [0.25, 0.3) is 0 Å². The number of esters is 1. The number of amides is 1. The first-order valence-electron chi connectivity index (χ1n) is 7.36. The molecule has 0 aliphatic heterocycles. The number of halogens is 2. The molecule has 1 N–H and O–H groups in total. The summed E-state index contributed by atoms with van der Waals surface area (Å²) >= 11 is 11.9. The van der Waals surface area contributed by atoms with E-state index in [0.717, 1.165) is 0 Å². The van der Waals surface area contributed by atoms with E-state index >= 15 is 0 Å². The summed E-state index contributed by atoms with van der Waals surface area (Å²) in [6.07, 6.45) is -1.06. The van der Waals surface area contributed by atoms with Gasteiger partial charge in [0.2, 0.25) is 0 Å². The van der Waals surface area contributed by atoms with E-state index in [1.165, 1.54) is 26.0 Å². The Hall–Kier alpha value is -2.37. The Labute approximate surface area is 154 Å². The summed E-state index contributed by atoms with van der Waals surface area (Å²) in [6.45, 7) is 2.89. The third-order valence-electron chi connectivity index (χ3n) is 3.38. The van der Waals surface area contributed by atoms with Crippen LogP contribution >= 0.6 is 23.2 Å². The monoisotopic (exact) mass is 379 g/mol. The largest absolute Gasteiger partial charge is 0.449 e. The van der Waals surface area contributed by atoms with E-state index in [1.54, 1.807) is 30.3 Å². The first-order valence-corrected chi connectivity index (χ1v) is 8.12. The number of rotatable bonds is 5. The zero-order chi connectivity index (χ0) is 18.6. The summed E-state index contributed by atoms with van der Waals surface area (Å²) in [5.41, 5.74) is 1.02. The average Bonchev–Trinajstić information content (AvgIpc) is 2.55. The van der Waals surface area contributed by atoms with Gasteiger partial charge in [0, 0.05) is 11.3 Å². The number of benzene rings is 2. The fraction of sp³-hybridized carbons (Fsp3) is 0.167. The van der Waals surface area contributed by atoms with Gasteiger partial charge < -0.3 is 10.1 Å². The molecule has 5 nitrogen and oxygen atoms in total. The molecule has 1 amide bonds. The number of carbonyl (C=O) groups is 3. The summed E-state index contributed by atoms with van der Waals surface area (Å²) < 4.78 is 5.12. The van der Waals surface area contributed by atoms with Crippen LogP contribution in [0.4, 0.5) is 5.69 Å². The Morgan fingerprint density at radius 2 is 1.56 bits per heavy atom. The first kappa shape index (κ1) is 19.0. The van der Waals surface area contributed by atoms with Crippen molar-refractivity contribution in [2.24, 2.45) is 0 Å². The molecular weight excluding hydrogens is 365 g/mol. The molecule has 1 unspecified atom stereocenters. The van der Waals surface area contributed by atoms with Gasteiger partial charge in [0.05, 0.1) is 15.6 Å². The van der Waals surface area contributed by atoms with Gasteiger partial charge in [0.15, 0.2) is 11.9 Å². The van der Waals surface area contributed by atoms with Crippen molar-refractivity contribution in [3.8, 4) is 0 Å². The molecule has 0 radical (unpaired) electrons. The first-order chi connectivity index (χ1) is 11.8. The van der Waals surface area contributed by atoms with E-state index in [-0.39, 0.29) is 21.4 Å². The molecule has 0 aliphatic rings. The Morgan fingerprint density at radius 1 is 1.00 bits per heavy atom. The quantitative estimate of drug-likeness (QED) is 0.617. The van der Waals surface area contributed by atoms with Crippen molar-refractivity contribution in [1.29, 1.82) is 0 Å². The van der Waals surface area contributed by atoms with Gasteiger partial charge in [-0.1, -0.05) is 29.3 Å². The Bertz CT molecular complexity index is 798. The lowest BCUT2D eigenvalue weighted by Gasteiger charge is -2.14. The molecule has 2 aromatic rings. The Balaban J connectivity index is 2.02. The van der Waals surface area contributed by atoms with E-state index in [4.69, 9.17) is 27.9 Å². The minimum absolute atomic E-state index is 0.0105. The molecule has 0 aromatic heterocycles. The third-order valence-corrected chi connectivity index (χ3v) is 4.01. The number of Topliss-reactive ketones (excluding diaryl/α,β-unsaturated/α-hetero) is 1. The van der Waals surface area contributed by atoms with Crippen LogP contribution in [-0.2, 0) is 9.53 Å². The molecule has 0 saturated heterocycles. The number of carbonyl (C=O) groups excluding carboxylic acids is 3. The molecule has 0 bridgehead atoms. The molecule has 0 heterocycles. The van der Waals surface area contributed by atoms with Crippen molar-refractivity contribution < 1.29 is 19.1 Å². The van der Waals surface area contributed by atoms with E-state index in [1.807, 2.05) is 0 Å².